The van der Waals surface area contributed by atoms with Crippen molar-refractivity contribution in [1.29, 1.82) is 0 Å². The Kier molecular flexibility index (Phi) is 14.0. The minimum absolute atomic E-state index is 0. The SMILES string of the molecule is C.C.CC(C)C(=O)Nc1ccccc1.CC(C)C(=S)Nc1ccccc1. The Labute approximate surface area is 165 Å². The zero-order valence-corrected chi connectivity index (χ0v) is 15.6. The van der Waals surface area contributed by atoms with Crippen molar-refractivity contribution in [3.63, 3.8) is 0 Å². The number of nitrogens with one attached hydrogen (secondary N) is 2. The van der Waals surface area contributed by atoms with Crippen molar-refractivity contribution < 1.29 is 4.79 Å². The topological polar surface area (TPSA) is 41.1 Å². The van der Waals surface area contributed by atoms with E-state index in [4.69, 9.17) is 12.2 Å². The first-order valence-electron chi connectivity index (χ1n) is 8.12. The molecule has 0 atom stereocenters. The molecule has 0 fully saturated rings. The lowest BCUT2D eigenvalue weighted by Gasteiger charge is -2.09. The highest BCUT2D eigenvalue weighted by atomic mass is 32.1. The highest BCUT2D eigenvalue weighted by Gasteiger charge is 2.05. The van der Waals surface area contributed by atoms with E-state index < -0.39 is 0 Å². The van der Waals surface area contributed by atoms with Crippen LogP contribution in [-0.2, 0) is 4.79 Å². The first kappa shape index (κ1) is 26.0. The van der Waals surface area contributed by atoms with Crippen LogP contribution >= 0.6 is 12.2 Å². The number of para-hydroxylation sites is 2. The first-order chi connectivity index (χ1) is 11.4. The highest BCUT2D eigenvalue weighted by molar-refractivity contribution is 7.80. The molecule has 0 heterocycles. The van der Waals surface area contributed by atoms with Crippen molar-refractivity contribution in [2.24, 2.45) is 11.8 Å². The van der Waals surface area contributed by atoms with Gasteiger partial charge in [-0.1, -0.05) is 91.2 Å². The second kappa shape index (κ2) is 14.0. The van der Waals surface area contributed by atoms with E-state index in [9.17, 15) is 4.79 Å². The minimum Gasteiger partial charge on any atom is -0.350 e. The van der Waals surface area contributed by atoms with Gasteiger partial charge in [-0.25, -0.2) is 0 Å². The maximum atomic E-state index is 11.2. The number of amides is 1. The van der Waals surface area contributed by atoms with Crippen LogP contribution in [0.2, 0.25) is 0 Å². The van der Waals surface area contributed by atoms with Crippen molar-refractivity contribution in [3.05, 3.63) is 60.7 Å². The Bertz CT molecular complexity index is 568. The van der Waals surface area contributed by atoms with Crippen molar-refractivity contribution >= 4 is 34.5 Å². The summed E-state index contributed by atoms with van der Waals surface area (Å²) in [6.45, 7) is 7.91. The molecule has 0 aliphatic heterocycles. The van der Waals surface area contributed by atoms with E-state index in [0.717, 1.165) is 16.4 Å². The third-order valence-electron chi connectivity index (χ3n) is 3.13. The summed E-state index contributed by atoms with van der Waals surface area (Å²) in [4.78, 5) is 12.1. The number of hydrogen-bond acceptors (Lipinski definition) is 2. The van der Waals surface area contributed by atoms with E-state index >= 15 is 0 Å². The molecule has 0 spiro atoms. The number of carbonyl (C=O) groups excluding carboxylic acids is 1. The maximum absolute atomic E-state index is 11.2. The average Bonchev–Trinajstić information content (AvgIpc) is 2.57. The van der Waals surface area contributed by atoms with Crippen LogP contribution in [0.1, 0.15) is 42.5 Å². The second-order valence-electron chi connectivity index (χ2n) is 6.02. The molecule has 26 heavy (non-hydrogen) atoms. The van der Waals surface area contributed by atoms with Gasteiger partial charge in [-0.3, -0.25) is 4.79 Å². The Morgan fingerprint density at radius 2 is 1.12 bits per heavy atom. The van der Waals surface area contributed by atoms with E-state index in [2.05, 4.69) is 24.5 Å². The van der Waals surface area contributed by atoms with Gasteiger partial charge in [-0.2, -0.15) is 0 Å². The molecular formula is C22H34N2OS. The zero-order valence-electron chi connectivity index (χ0n) is 14.7. The van der Waals surface area contributed by atoms with E-state index in [0.29, 0.717) is 5.92 Å². The highest BCUT2D eigenvalue weighted by Crippen LogP contribution is 2.08. The number of carbonyl (C=O) groups is 1. The van der Waals surface area contributed by atoms with Gasteiger partial charge in [-0.15, -0.1) is 0 Å². The van der Waals surface area contributed by atoms with Gasteiger partial charge in [0.1, 0.15) is 0 Å². The quantitative estimate of drug-likeness (QED) is 0.590. The van der Waals surface area contributed by atoms with Crippen molar-refractivity contribution in [2.45, 2.75) is 42.5 Å². The normalized spacial score (nSPS) is 9.15. The zero-order chi connectivity index (χ0) is 17.9. The van der Waals surface area contributed by atoms with E-state index in [1.165, 1.54) is 0 Å². The molecule has 2 aromatic rings. The largest absolute Gasteiger partial charge is 0.350 e. The predicted molar refractivity (Wildman–Crippen MR) is 121 cm³/mol. The fourth-order valence-electron chi connectivity index (χ4n) is 1.62. The summed E-state index contributed by atoms with van der Waals surface area (Å²) in [5.74, 6) is 0.492. The maximum Gasteiger partial charge on any atom is 0.226 e. The molecule has 0 radical (unpaired) electrons. The average molecular weight is 375 g/mol. The first-order valence-corrected chi connectivity index (χ1v) is 8.52. The van der Waals surface area contributed by atoms with Crippen molar-refractivity contribution in [3.8, 4) is 0 Å². The molecule has 144 valence electrons. The number of anilines is 2. The van der Waals surface area contributed by atoms with Crippen LogP contribution in [-0.4, -0.2) is 10.9 Å². The number of thiocarbonyl (C=S) groups is 1. The smallest absolute Gasteiger partial charge is 0.226 e. The summed E-state index contributed by atoms with van der Waals surface area (Å²) in [7, 11) is 0. The Balaban J connectivity index is 0. The molecule has 4 heteroatoms. The van der Waals surface area contributed by atoms with Gasteiger partial charge in [0.25, 0.3) is 0 Å². The minimum atomic E-state index is 0. The van der Waals surface area contributed by atoms with Gasteiger partial charge in [0.05, 0.1) is 4.99 Å². The monoisotopic (exact) mass is 374 g/mol. The lowest BCUT2D eigenvalue weighted by molar-refractivity contribution is -0.118. The summed E-state index contributed by atoms with van der Waals surface area (Å²) < 4.78 is 0. The number of hydrogen-bond donors (Lipinski definition) is 2. The second-order valence-corrected chi connectivity index (χ2v) is 6.46. The Morgan fingerprint density at radius 3 is 1.46 bits per heavy atom. The molecule has 3 nitrogen and oxygen atoms in total. The fourth-order valence-corrected chi connectivity index (χ4v) is 1.73. The summed E-state index contributed by atoms with van der Waals surface area (Å²) in [6, 6.07) is 19.5. The molecule has 2 aromatic carbocycles. The Hall–Kier alpha value is -2.20. The number of rotatable bonds is 4. The van der Waals surface area contributed by atoms with Crippen LogP contribution in [0.25, 0.3) is 0 Å². The van der Waals surface area contributed by atoms with Gasteiger partial charge in [0.15, 0.2) is 0 Å². The lowest BCUT2D eigenvalue weighted by atomic mass is 10.2. The molecule has 0 unspecified atom stereocenters. The summed E-state index contributed by atoms with van der Waals surface area (Å²) in [6.07, 6.45) is 0. The third-order valence-corrected chi connectivity index (χ3v) is 3.70. The van der Waals surface area contributed by atoms with Gasteiger partial charge in [0, 0.05) is 23.2 Å². The van der Waals surface area contributed by atoms with E-state index in [1.54, 1.807) is 0 Å². The molecule has 1 amide bonds. The molecular weight excluding hydrogens is 340 g/mol. The molecule has 0 aliphatic rings. The standard InChI is InChI=1S/C10H13NO.C10H13NS.2CH4/c2*1-8(2)10(12)11-9-6-4-3-5-7-9;;/h2*3-8H,1-2H3,(H,11,12);2*1H4. The molecule has 0 aliphatic carbocycles. The number of benzene rings is 2. The molecule has 0 aromatic heterocycles. The van der Waals surface area contributed by atoms with E-state index in [1.807, 2.05) is 74.5 Å². The van der Waals surface area contributed by atoms with Crippen LogP contribution in [0.15, 0.2) is 60.7 Å². The van der Waals surface area contributed by atoms with Crippen LogP contribution in [0.5, 0.6) is 0 Å². The lowest BCUT2D eigenvalue weighted by Crippen LogP contribution is -2.17. The fraction of sp³-hybridized carbons (Fsp3) is 0.364. The molecule has 2 rings (SSSR count). The summed E-state index contributed by atoms with van der Waals surface area (Å²) in [5.41, 5.74) is 1.92. The molecule has 2 N–H and O–H groups in total. The predicted octanol–water partition coefficient (Wildman–Crippen LogP) is 6.64. The summed E-state index contributed by atoms with van der Waals surface area (Å²) >= 11 is 5.15. The van der Waals surface area contributed by atoms with Crippen molar-refractivity contribution in [2.75, 3.05) is 10.6 Å². The molecule has 0 bridgehead atoms. The van der Waals surface area contributed by atoms with Gasteiger partial charge < -0.3 is 10.6 Å². The molecule has 0 saturated carbocycles. The van der Waals surface area contributed by atoms with Crippen LogP contribution in [0.3, 0.4) is 0 Å². The van der Waals surface area contributed by atoms with Crippen LogP contribution in [0, 0.1) is 11.8 Å². The van der Waals surface area contributed by atoms with Crippen LogP contribution in [0.4, 0.5) is 11.4 Å². The van der Waals surface area contributed by atoms with Gasteiger partial charge >= 0.3 is 0 Å². The Morgan fingerprint density at radius 1 is 0.731 bits per heavy atom. The molecule has 0 saturated heterocycles. The van der Waals surface area contributed by atoms with E-state index in [-0.39, 0.29) is 26.7 Å². The van der Waals surface area contributed by atoms with Gasteiger partial charge in [-0.05, 0) is 24.3 Å². The van der Waals surface area contributed by atoms with Crippen LogP contribution < -0.4 is 10.6 Å². The van der Waals surface area contributed by atoms with Gasteiger partial charge in [0.2, 0.25) is 5.91 Å². The van der Waals surface area contributed by atoms with Crippen molar-refractivity contribution in [1.82, 2.24) is 0 Å². The summed E-state index contributed by atoms with van der Waals surface area (Å²) in [5, 5.41) is 5.98. The third kappa shape index (κ3) is 10.6.